The zero-order valence-electron chi connectivity index (χ0n) is 15.6. The molecule has 4 fully saturated rings. The fourth-order valence-corrected chi connectivity index (χ4v) is 7.94. The highest BCUT2D eigenvalue weighted by atomic mass is 32.2. The highest BCUT2D eigenvalue weighted by Crippen LogP contribution is 2.55. The molecule has 0 unspecified atom stereocenters. The molecule has 4 aliphatic rings. The fraction of sp³-hybridized carbons (Fsp3) is 0.476. The Hall–Kier alpha value is -1.86. The van der Waals surface area contributed by atoms with E-state index in [1.807, 2.05) is 0 Å². The third-order valence-electron chi connectivity index (χ3n) is 6.58. The molecule has 2 N–H and O–H groups in total. The van der Waals surface area contributed by atoms with Crippen molar-refractivity contribution in [2.75, 3.05) is 4.72 Å². The molecule has 7 heteroatoms. The van der Waals surface area contributed by atoms with Crippen LogP contribution in [0.15, 0.2) is 46.0 Å². The van der Waals surface area contributed by atoms with Gasteiger partial charge >= 0.3 is 0 Å². The maximum Gasteiger partial charge on any atom is 0.271 e. The summed E-state index contributed by atoms with van der Waals surface area (Å²) in [6, 6.07) is 9.97. The highest BCUT2D eigenvalue weighted by Gasteiger charge is 2.51. The average molecular weight is 417 g/mol. The molecule has 0 spiro atoms. The van der Waals surface area contributed by atoms with Crippen molar-refractivity contribution in [3.63, 3.8) is 0 Å². The van der Waals surface area contributed by atoms with E-state index in [0.717, 1.165) is 37.0 Å². The van der Waals surface area contributed by atoms with Gasteiger partial charge in [0.1, 0.15) is 4.21 Å². The summed E-state index contributed by atoms with van der Waals surface area (Å²) in [5, 5.41) is 5.08. The van der Waals surface area contributed by atoms with Gasteiger partial charge in [0.05, 0.1) is 0 Å². The first-order valence-corrected chi connectivity index (χ1v) is 12.3. The van der Waals surface area contributed by atoms with Crippen molar-refractivity contribution < 1.29 is 13.2 Å². The van der Waals surface area contributed by atoms with Crippen LogP contribution in [-0.2, 0) is 10.0 Å². The second-order valence-corrected chi connectivity index (χ2v) is 11.6. The zero-order chi connectivity index (χ0) is 19.4. The molecule has 5 nitrogen and oxygen atoms in total. The maximum absolute atomic E-state index is 12.9. The van der Waals surface area contributed by atoms with Crippen LogP contribution in [-0.4, -0.2) is 19.9 Å². The van der Waals surface area contributed by atoms with Crippen LogP contribution in [0.2, 0.25) is 0 Å². The lowest BCUT2D eigenvalue weighted by Gasteiger charge is -2.56. The van der Waals surface area contributed by atoms with Crippen molar-refractivity contribution in [1.82, 2.24) is 5.32 Å². The van der Waals surface area contributed by atoms with Crippen LogP contribution >= 0.6 is 11.3 Å². The largest absolute Gasteiger partial charge is 0.347 e. The molecule has 1 aromatic heterocycles. The fourth-order valence-electron chi connectivity index (χ4n) is 5.89. The molecule has 28 heavy (non-hydrogen) atoms. The summed E-state index contributed by atoms with van der Waals surface area (Å²) in [5.41, 5.74) is 1.01. The van der Waals surface area contributed by atoms with Gasteiger partial charge in [-0.2, -0.15) is 0 Å². The summed E-state index contributed by atoms with van der Waals surface area (Å²) >= 11 is 1.17. The van der Waals surface area contributed by atoms with E-state index in [0.29, 0.717) is 11.3 Å². The van der Waals surface area contributed by atoms with E-state index < -0.39 is 10.0 Å². The molecular weight excluding hydrogens is 392 g/mol. The minimum atomic E-state index is -3.57. The van der Waals surface area contributed by atoms with E-state index in [4.69, 9.17) is 0 Å². The van der Waals surface area contributed by atoms with Crippen molar-refractivity contribution in [2.45, 2.75) is 48.3 Å². The predicted molar refractivity (Wildman–Crippen MR) is 110 cm³/mol. The van der Waals surface area contributed by atoms with Gasteiger partial charge < -0.3 is 5.32 Å². The number of sulfonamides is 1. The first-order chi connectivity index (χ1) is 13.4. The van der Waals surface area contributed by atoms with Crippen LogP contribution < -0.4 is 10.0 Å². The second kappa shape index (κ2) is 6.59. The number of hydrogen-bond acceptors (Lipinski definition) is 4. The Balaban J connectivity index is 1.28. The molecular formula is C21H24N2O3S2. The molecule has 1 amide bonds. The summed E-state index contributed by atoms with van der Waals surface area (Å²) in [6.45, 7) is 0. The number of nitrogens with one attached hydrogen (secondary N) is 2. The average Bonchev–Trinajstić information content (AvgIpc) is 3.16. The van der Waals surface area contributed by atoms with E-state index in [2.05, 4.69) is 10.0 Å². The van der Waals surface area contributed by atoms with Crippen LogP contribution in [0.1, 0.15) is 48.9 Å². The lowest BCUT2D eigenvalue weighted by molar-refractivity contribution is -0.0167. The molecule has 0 atom stereocenters. The molecule has 1 aromatic carbocycles. The van der Waals surface area contributed by atoms with Crippen LogP contribution in [0.5, 0.6) is 0 Å². The number of rotatable bonds is 5. The van der Waals surface area contributed by atoms with E-state index in [-0.39, 0.29) is 15.7 Å². The smallest absolute Gasteiger partial charge is 0.271 e. The normalized spacial score (nSPS) is 30.9. The Morgan fingerprint density at radius 2 is 1.57 bits per heavy atom. The topological polar surface area (TPSA) is 75.3 Å². The van der Waals surface area contributed by atoms with Crippen LogP contribution in [0, 0.1) is 17.8 Å². The number of benzene rings is 1. The summed E-state index contributed by atoms with van der Waals surface area (Å²) in [4.78, 5) is 12.9. The number of hydrogen-bond donors (Lipinski definition) is 2. The monoisotopic (exact) mass is 416 g/mol. The van der Waals surface area contributed by atoms with Gasteiger partial charge in [-0.1, -0.05) is 6.07 Å². The van der Waals surface area contributed by atoms with E-state index in [9.17, 15) is 13.2 Å². The Kier molecular flexibility index (Phi) is 4.28. The first-order valence-electron chi connectivity index (χ1n) is 9.90. The van der Waals surface area contributed by atoms with Gasteiger partial charge in [-0.3, -0.25) is 9.52 Å². The minimum absolute atomic E-state index is 0.0226. The summed E-state index contributed by atoms with van der Waals surface area (Å²) in [7, 11) is -3.57. The molecule has 4 saturated carbocycles. The van der Waals surface area contributed by atoms with Gasteiger partial charge in [0, 0.05) is 16.8 Å². The zero-order valence-corrected chi connectivity index (χ0v) is 17.2. The molecule has 2 aromatic rings. The molecule has 148 valence electrons. The van der Waals surface area contributed by atoms with Gasteiger partial charge in [-0.05, 0) is 92.0 Å². The van der Waals surface area contributed by atoms with E-state index in [1.54, 1.807) is 41.8 Å². The Bertz CT molecular complexity index is 946. The number of anilines is 1. The van der Waals surface area contributed by atoms with Crippen LogP contribution in [0.25, 0.3) is 0 Å². The second-order valence-electron chi connectivity index (χ2n) is 8.77. The van der Waals surface area contributed by atoms with Gasteiger partial charge in [-0.25, -0.2) is 8.42 Å². The van der Waals surface area contributed by atoms with E-state index in [1.165, 1.54) is 30.6 Å². The Labute approximate surface area is 169 Å². The molecule has 6 rings (SSSR count). The van der Waals surface area contributed by atoms with Gasteiger partial charge in [-0.15, -0.1) is 11.3 Å². The van der Waals surface area contributed by atoms with Crippen molar-refractivity contribution >= 4 is 33.0 Å². The standard InChI is InChI=1S/C21H24N2O3S2/c24-20(22-21-11-14-8-15(12-21)10-16(9-14)13-21)17-3-5-18(6-4-17)23-28(25,26)19-2-1-7-27-19/h1-7,14-16,23H,8-13H2,(H,22,24). The number of thiophene rings is 1. The summed E-state index contributed by atoms with van der Waals surface area (Å²) in [5.74, 6) is 2.29. The van der Waals surface area contributed by atoms with Crippen molar-refractivity contribution in [3.8, 4) is 0 Å². The van der Waals surface area contributed by atoms with E-state index >= 15 is 0 Å². The molecule has 4 bridgehead atoms. The SMILES string of the molecule is O=C(NC12CC3CC(CC(C3)C1)C2)c1ccc(NS(=O)(=O)c2cccs2)cc1. The van der Waals surface area contributed by atoms with Gasteiger partial charge in [0.2, 0.25) is 0 Å². The van der Waals surface area contributed by atoms with Gasteiger partial charge in [0.15, 0.2) is 0 Å². The number of carbonyl (C=O) groups excluding carboxylic acids is 1. The minimum Gasteiger partial charge on any atom is -0.347 e. The maximum atomic E-state index is 12.9. The predicted octanol–water partition coefficient (Wildman–Crippen LogP) is 4.25. The molecule has 0 radical (unpaired) electrons. The number of carbonyl (C=O) groups is 1. The quantitative estimate of drug-likeness (QED) is 0.765. The third-order valence-corrected chi connectivity index (χ3v) is 9.35. The van der Waals surface area contributed by atoms with Gasteiger partial charge in [0.25, 0.3) is 15.9 Å². The van der Waals surface area contributed by atoms with Crippen molar-refractivity contribution in [3.05, 3.63) is 47.3 Å². The highest BCUT2D eigenvalue weighted by molar-refractivity contribution is 7.94. The lowest BCUT2D eigenvalue weighted by atomic mass is 9.53. The molecule has 0 saturated heterocycles. The lowest BCUT2D eigenvalue weighted by Crippen LogP contribution is -2.59. The Morgan fingerprint density at radius 3 is 2.11 bits per heavy atom. The Morgan fingerprint density at radius 1 is 0.964 bits per heavy atom. The van der Waals surface area contributed by atoms with Crippen LogP contribution in [0.3, 0.4) is 0 Å². The van der Waals surface area contributed by atoms with Crippen LogP contribution in [0.4, 0.5) is 5.69 Å². The van der Waals surface area contributed by atoms with Crippen molar-refractivity contribution in [2.24, 2.45) is 17.8 Å². The van der Waals surface area contributed by atoms with Crippen molar-refractivity contribution in [1.29, 1.82) is 0 Å². The summed E-state index contributed by atoms with van der Waals surface area (Å²) < 4.78 is 27.5. The first kappa shape index (κ1) is 18.2. The summed E-state index contributed by atoms with van der Waals surface area (Å²) in [6.07, 6.45) is 7.37. The third kappa shape index (κ3) is 3.35. The molecule has 1 heterocycles. The molecule has 0 aliphatic heterocycles. The number of amides is 1. The molecule has 4 aliphatic carbocycles.